The van der Waals surface area contributed by atoms with E-state index in [1.165, 1.54) is 39.4 Å². The largest absolute Gasteiger partial charge is 0.465 e. The lowest BCUT2D eigenvalue weighted by Crippen LogP contribution is -2.31. The van der Waals surface area contributed by atoms with Crippen molar-refractivity contribution in [1.82, 2.24) is 9.21 Å². The number of methoxy groups -OCH3 is 1. The summed E-state index contributed by atoms with van der Waals surface area (Å²) in [5.41, 5.74) is 4.81. The van der Waals surface area contributed by atoms with E-state index in [0.717, 1.165) is 23.5 Å². The molecule has 0 saturated carbocycles. The standard InChI is InChI=1S/C23H32N2O4S2/c1-15(2)12-24(5)31(27,28)23-21(22(26)29-6)19-9-10-25(14-20(19)30-23)13-18-8-7-16(3)11-17(18)4/h7-8,11,15H,9-10,12-14H2,1-6H3. The second kappa shape index (κ2) is 9.40. The minimum absolute atomic E-state index is 0.112. The van der Waals surface area contributed by atoms with Gasteiger partial charge in [0.25, 0.3) is 10.0 Å². The molecule has 1 aromatic heterocycles. The Balaban J connectivity index is 1.94. The number of esters is 1. The second-order valence-electron chi connectivity index (χ2n) is 8.73. The van der Waals surface area contributed by atoms with Crippen LogP contribution in [0.1, 0.15) is 51.3 Å². The molecule has 2 heterocycles. The number of fused-ring (bicyclic) bond motifs is 1. The molecular formula is C23H32N2O4S2. The quantitative estimate of drug-likeness (QED) is 0.580. The smallest absolute Gasteiger partial charge is 0.340 e. The molecule has 0 radical (unpaired) electrons. The summed E-state index contributed by atoms with van der Waals surface area (Å²) in [4.78, 5) is 15.8. The van der Waals surface area contributed by atoms with Crippen molar-refractivity contribution in [3.63, 3.8) is 0 Å². The first-order valence-corrected chi connectivity index (χ1v) is 12.8. The number of carbonyl (C=O) groups is 1. The van der Waals surface area contributed by atoms with E-state index in [1.807, 2.05) is 13.8 Å². The van der Waals surface area contributed by atoms with Crippen LogP contribution in [0, 0.1) is 19.8 Å². The topological polar surface area (TPSA) is 66.9 Å². The number of hydrogen-bond donors (Lipinski definition) is 0. The molecular weight excluding hydrogens is 432 g/mol. The Bertz CT molecular complexity index is 1070. The van der Waals surface area contributed by atoms with Crippen LogP contribution in [0.5, 0.6) is 0 Å². The Morgan fingerprint density at radius 1 is 1.29 bits per heavy atom. The van der Waals surface area contributed by atoms with Crippen LogP contribution in [-0.4, -0.2) is 50.8 Å². The van der Waals surface area contributed by atoms with Gasteiger partial charge in [0.15, 0.2) is 0 Å². The summed E-state index contributed by atoms with van der Waals surface area (Å²) < 4.78 is 33.0. The first-order valence-electron chi connectivity index (χ1n) is 10.5. The van der Waals surface area contributed by atoms with Crippen molar-refractivity contribution in [2.75, 3.05) is 27.2 Å². The van der Waals surface area contributed by atoms with Crippen molar-refractivity contribution in [3.05, 3.63) is 50.9 Å². The van der Waals surface area contributed by atoms with Gasteiger partial charge in [-0.2, -0.15) is 4.31 Å². The van der Waals surface area contributed by atoms with Crippen LogP contribution in [0.25, 0.3) is 0 Å². The molecule has 2 aromatic rings. The molecule has 1 aromatic carbocycles. The third-order valence-corrected chi connectivity index (χ3v) is 9.19. The SMILES string of the molecule is COC(=O)c1c(S(=O)(=O)N(C)CC(C)C)sc2c1CCN(Cc1ccc(C)cc1C)C2. The molecule has 8 heteroatoms. The monoisotopic (exact) mass is 464 g/mol. The maximum absolute atomic E-state index is 13.3. The van der Waals surface area contributed by atoms with Gasteiger partial charge in [0.2, 0.25) is 0 Å². The summed E-state index contributed by atoms with van der Waals surface area (Å²) in [5, 5.41) is 0. The van der Waals surface area contributed by atoms with Gasteiger partial charge in [0.1, 0.15) is 4.21 Å². The van der Waals surface area contributed by atoms with Crippen LogP contribution in [0.4, 0.5) is 0 Å². The van der Waals surface area contributed by atoms with E-state index in [-0.39, 0.29) is 15.7 Å². The number of hydrogen-bond acceptors (Lipinski definition) is 6. The Kier molecular flexibility index (Phi) is 7.25. The maximum Gasteiger partial charge on any atom is 0.340 e. The number of nitrogens with zero attached hydrogens (tertiary/aromatic N) is 2. The fourth-order valence-electron chi connectivity index (χ4n) is 4.07. The number of thiophene rings is 1. The molecule has 0 saturated heterocycles. The number of rotatable bonds is 7. The highest BCUT2D eigenvalue weighted by Crippen LogP contribution is 2.38. The van der Waals surface area contributed by atoms with Crippen LogP contribution in [0.3, 0.4) is 0 Å². The molecule has 0 atom stereocenters. The zero-order valence-electron chi connectivity index (χ0n) is 19.2. The maximum atomic E-state index is 13.3. The summed E-state index contributed by atoms with van der Waals surface area (Å²) in [6.07, 6.45) is 0.630. The molecule has 0 spiro atoms. The fraction of sp³-hybridized carbons (Fsp3) is 0.522. The first kappa shape index (κ1) is 23.9. The highest BCUT2D eigenvalue weighted by atomic mass is 32.2. The summed E-state index contributed by atoms with van der Waals surface area (Å²) >= 11 is 1.22. The van der Waals surface area contributed by atoms with Crippen LogP contribution < -0.4 is 0 Å². The molecule has 0 unspecified atom stereocenters. The molecule has 1 aliphatic heterocycles. The van der Waals surface area contributed by atoms with Crippen LogP contribution >= 0.6 is 11.3 Å². The van der Waals surface area contributed by atoms with E-state index in [1.54, 1.807) is 7.05 Å². The molecule has 0 aliphatic carbocycles. The molecule has 3 rings (SSSR count). The van der Waals surface area contributed by atoms with Gasteiger partial charge in [-0.15, -0.1) is 11.3 Å². The zero-order chi connectivity index (χ0) is 22.9. The number of benzene rings is 1. The normalized spacial score (nSPS) is 14.8. The van der Waals surface area contributed by atoms with Crippen molar-refractivity contribution in [3.8, 4) is 0 Å². The van der Waals surface area contributed by atoms with E-state index in [2.05, 4.69) is 36.9 Å². The number of ether oxygens (including phenoxy) is 1. The average Bonchev–Trinajstić information content (AvgIpc) is 3.08. The summed E-state index contributed by atoms with van der Waals surface area (Å²) in [5.74, 6) is -0.388. The van der Waals surface area contributed by atoms with Crippen molar-refractivity contribution in [2.24, 2.45) is 5.92 Å². The summed E-state index contributed by atoms with van der Waals surface area (Å²) in [6.45, 7) is 10.7. The van der Waals surface area contributed by atoms with Gasteiger partial charge in [-0.3, -0.25) is 4.90 Å². The Morgan fingerprint density at radius 2 is 2.00 bits per heavy atom. The summed E-state index contributed by atoms with van der Waals surface area (Å²) in [6, 6.07) is 6.46. The zero-order valence-corrected chi connectivity index (χ0v) is 20.8. The number of carbonyl (C=O) groups excluding carboxylic acids is 1. The molecule has 0 bridgehead atoms. The Labute approximate surface area is 189 Å². The third-order valence-electron chi connectivity index (χ3n) is 5.65. The van der Waals surface area contributed by atoms with Gasteiger partial charge in [0.05, 0.1) is 12.7 Å². The van der Waals surface area contributed by atoms with Crippen LogP contribution in [0.15, 0.2) is 22.4 Å². The third kappa shape index (κ3) is 5.03. The lowest BCUT2D eigenvalue weighted by Gasteiger charge is -2.27. The van der Waals surface area contributed by atoms with E-state index in [9.17, 15) is 13.2 Å². The summed E-state index contributed by atoms with van der Waals surface area (Å²) in [7, 11) is -0.897. The molecule has 0 N–H and O–H groups in total. The predicted octanol–water partition coefficient (Wildman–Crippen LogP) is 3.99. The molecule has 170 valence electrons. The number of aryl methyl sites for hydroxylation is 2. The highest BCUT2D eigenvalue weighted by Gasteiger charge is 2.36. The van der Waals surface area contributed by atoms with Crippen molar-refractivity contribution < 1.29 is 17.9 Å². The van der Waals surface area contributed by atoms with Gasteiger partial charge in [-0.25, -0.2) is 13.2 Å². The average molecular weight is 465 g/mol. The van der Waals surface area contributed by atoms with Gasteiger partial charge >= 0.3 is 5.97 Å². The fourth-order valence-corrected chi connectivity index (χ4v) is 7.53. The molecule has 6 nitrogen and oxygen atoms in total. The lowest BCUT2D eigenvalue weighted by atomic mass is 10.0. The van der Waals surface area contributed by atoms with Gasteiger partial charge in [-0.05, 0) is 42.9 Å². The van der Waals surface area contributed by atoms with Gasteiger partial charge in [0, 0.05) is 38.1 Å². The molecule has 0 fully saturated rings. The minimum Gasteiger partial charge on any atom is -0.465 e. The molecule has 0 amide bonds. The van der Waals surface area contributed by atoms with Gasteiger partial charge in [-0.1, -0.05) is 37.6 Å². The predicted molar refractivity (Wildman–Crippen MR) is 124 cm³/mol. The van der Waals surface area contributed by atoms with Crippen molar-refractivity contribution >= 4 is 27.3 Å². The molecule has 31 heavy (non-hydrogen) atoms. The Hall–Kier alpha value is -1.74. The Morgan fingerprint density at radius 3 is 2.61 bits per heavy atom. The van der Waals surface area contributed by atoms with Crippen LogP contribution in [0.2, 0.25) is 0 Å². The van der Waals surface area contributed by atoms with Gasteiger partial charge < -0.3 is 4.74 Å². The number of sulfonamides is 1. The highest BCUT2D eigenvalue weighted by molar-refractivity contribution is 7.91. The van der Waals surface area contributed by atoms with Crippen molar-refractivity contribution in [2.45, 2.75) is 51.4 Å². The van der Waals surface area contributed by atoms with Crippen molar-refractivity contribution in [1.29, 1.82) is 0 Å². The van der Waals surface area contributed by atoms with E-state index in [4.69, 9.17) is 4.74 Å². The van der Waals surface area contributed by atoms with E-state index < -0.39 is 16.0 Å². The lowest BCUT2D eigenvalue weighted by molar-refractivity contribution is 0.0595. The molecule has 1 aliphatic rings. The van der Waals surface area contributed by atoms with E-state index >= 15 is 0 Å². The second-order valence-corrected chi connectivity index (χ2v) is 12.1. The minimum atomic E-state index is -3.77. The van der Waals surface area contributed by atoms with Crippen LogP contribution in [-0.2, 0) is 34.3 Å². The first-order chi connectivity index (χ1) is 14.5. The van der Waals surface area contributed by atoms with E-state index in [0.29, 0.717) is 19.5 Å².